The first-order valence-corrected chi connectivity index (χ1v) is 8.30. The summed E-state index contributed by atoms with van der Waals surface area (Å²) in [5, 5.41) is 11.7. The number of ether oxygens (including phenoxy) is 2. The summed E-state index contributed by atoms with van der Waals surface area (Å²) >= 11 is 1.58. The largest absolute Gasteiger partial charge is 0.493 e. The zero-order chi connectivity index (χ0) is 16.9. The Kier molecular flexibility index (Phi) is 4.81. The number of aromatic amines is 1. The van der Waals surface area contributed by atoms with Gasteiger partial charge < -0.3 is 14.8 Å². The van der Waals surface area contributed by atoms with Gasteiger partial charge in [0.2, 0.25) is 0 Å². The Morgan fingerprint density at radius 1 is 1.29 bits per heavy atom. The van der Waals surface area contributed by atoms with E-state index in [1.807, 2.05) is 24.4 Å². The highest BCUT2D eigenvalue weighted by atomic mass is 32.1. The van der Waals surface area contributed by atoms with Gasteiger partial charge in [0.25, 0.3) is 5.91 Å². The van der Waals surface area contributed by atoms with Gasteiger partial charge in [0, 0.05) is 11.8 Å². The molecule has 0 saturated carbocycles. The summed E-state index contributed by atoms with van der Waals surface area (Å²) in [6.07, 6.45) is 0. The Labute approximate surface area is 143 Å². The van der Waals surface area contributed by atoms with Crippen LogP contribution in [0.2, 0.25) is 0 Å². The predicted octanol–water partition coefficient (Wildman–Crippen LogP) is 3.80. The highest BCUT2D eigenvalue weighted by Gasteiger charge is 2.13. The highest BCUT2D eigenvalue weighted by molar-refractivity contribution is 7.13. The molecule has 0 unspecified atom stereocenters. The van der Waals surface area contributed by atoms with Crippen molar-refractivity contribution in [2.45, 2.75) is 6.92 Å². The molecule has 3 aromatic rings. The van der Waals surface area contributed by atoms with Crippen molar-refractivity contribution >= 4 is 22.9 Å². The molecule has 1 amide bonds. The summed E-state index contributed by atoms with van der Waals surface area (Å²) in [5.74, 6) is 0.911. The molecule has 0 radical (unpaired) electrons. The van der Waals surface area contributed by atoms with E-state index in [2.05, 4.69) is 15.5 Å². The predicted molar refractivity (Wildman–Crippen MR) is 94.0 cm³/mol. The van der Waals surface area contributed by atoms with Gasteiger partial charge in [0.05, 0.1) is 24.3 Å². The molecular weight excluding hydrogens is 326 g/mol. The van der Waals surface area contributed by atoms with Gasteiger partial charge in [0.15, 0.2) is 17.2 Å². The minimum absolute atomic E-state index is 0.291. The first-order chi connectivity index (χ1) is 11.7. The second-order valence-corrected chi connectivity index (χ2v) is 5.84. The van der Waals surface area contributed by atoms with Crippen molar-refractivity contribution in [3.63, 3.8) is 0 Å². The van der Waals surface area contributed by atoms with Crippen molar-refractivity contribution < 1.29 is 14.3 Å². The van der Waals surface area contributed by atoms with Gasteiger partial charge in [-0.15, -0.1) is 11.3 Å². The van der Waals surface area contributed by atoms with Crippen LogP contribution in [0, 0.1) is 0 Å². The number of nitrogens with zero attached hydrogens (tertiary/aromatic N) is 1. The standard InChI is InChI=1S/C17H17N3O3S/c1-3-23-14-7-6-11(9-15(14)22-2)18-17(21)13-10-12(19-20-13)16-5-4-8-24-16/h4-10H,3H2,1-2H3,(H,18,21)(H,19,20). The quantitative estimate of drug-likeness (QED) is 0.714. The zero-order valence-electron chi connectivity index (χ0n) is 13.3. The summed E-state index contributed by atoms with van der Waals surface area (Å²) in [5.41, 5.74) is 1.76. The molecule has 0 saturated heterocycles. The van der Waals surface area contributed by atoms with Crippen LogP contribution in [0.5, 0.6) is 11.5 Å². The first kappa shape index (κ1) is 16.1. The van der Waals surface area contributed by atoms with E-state index in [-0.39, 0.29) is 5.91 Å². The van der Waals surface area contributed by atoms with Gasteiger partial charge in [-0.25, -0.2) is 0 Å². The molecule has 0 aliphatic carbocycles. The molecule has 1 aromatic carbocycles. The van der Waals surface area contributed by atoms with Crippen molar-refractivity contribution in [3.8, 4) is 22.1 Å². The molecule has 0 aliphatic heterocycles. The second kappa shape index (κ2) is 7.18. The van der Waals surface area contributed by atoms with Crippen LogP contribution in [0.1, 0.15) is 17.4 Å². The maximum Gasteiger partial charge on any atom is 0.276 e. The molecule has 6 nitrogen and oxygen atoms in total. The smallest absolute Gasteiger partial charge is 0.276 e. The average molecular weight is 343 g/mol. The number of nitrogens with one attached hydrogen (secondary N) is 2. The Balaban J connectivity index is 1.75. The maximum atomic E-state index is 12.3. The summed E-state index contributed by atoms with van der Waals surface area (Å²) in [4.78, 5) is 13.4. The van der Waals surface area contributed by atoms with Crippen molar-refractivity contribution in [3.05, 3.63) is 47.5 Å². The lowest BCUT2D eigenvalue weighted by Gasteiger charge is -2.11. The first-order valence-electron chi connectivity index (χ1n) is 7.42. The van der Waals surface area contributed by atoms with Gasteiger partial charge in [-0.2, -0.15) is 5.10 Å². The highest BCUT2D eigenvalue weighted by Crippen LogP contribution is 2.30. The molecule has 7 heteroatoms. The molecule has 2 heterocycles. The van der Waals surface area contributed by atoms with Crippen LogP contribution in [0.3, 0.4) is 0 Å². The van der Waals surface area contributed by atoms with E-state index in [0.29, 0.717) is 29.5 Å². The lowest BCUT2D eigenvalue weighted by Crippen LogP contribution is -2.12. The Morgan fingerprint density at radius 2 is 2.17 bits per heavy atom. The molecule has 24 heavy (non-hydrogen) atoms. The van der Waals surface area contributed by atoms with E-state index < -0.39 is 0 Å². The van der Waals surface area contributed by atoms with Gasteiger partial charge in [0.1, 0.15) is 0 Å². The summed E-state index contributed by atoms with van der Waals surface area (Å²) in [6.45, 7) is 2.44. The number of amides is 1. The van der Waals surface area contributed by atoms with Crippen LogP contribution in [0.25, 0.3) is 10.6 Å². The number of aromatic nitrogens is 2. The zero-order valence-corrected chi connectivity index (χ0v) is 14.1. The van der Waals surface area contributed by atoms with Crippen LogP contribution in [-0.2, 0) is 0 Å². The van der Waals surface area contributed by atoms with Gasteiger partial charge in [-0.3, -0.25) is 9.89 Å². The summed E-state index contributed by atoms with van der Waals surface area (Å²) in [6, 6.07) is 10.9. The number of thiophene rings is 1. The van der Waals surface area contributed by atoms with Crippen LogP contribution in [0.15, 0.2) is 41.8 Å². The Bertz CT molecular complexity index is 827. The van der Waals surface area contributed by atoms with Crippen LogP contribution in [0.4, 0.5) is 5.69 Å². The van der Waals surface area contributed by atoms with E-state index in [1.165, 1.54) is 0 Å². The van der Waals surface area contributed by atoms with Crippen LogP contribution in [-0.4, -0.2) is 29.8 Å². The molecule has 0 spiro atoms. The molecular formula is C17H17N3O3S. The third kappa shape index (κ3) is 3.41. The summed E-state index contributed by atoms with van der Waals surface area (Å²) in [7, 11) is 1.56. The van der Waals surface area contributed by atoms with E-state index in [9.17, 15) is 4.79 Å². The van der Waals surface area contributed by atoms with Gasteiger partial charge in [-0.05, 0) is 36.6 Å². The van der Waals surface area contributed by atoms with E-state index >= 15 is 0 Å². The lowest BCUT2D eigenvalue weighted by atomic mass is 10.2. The topological polar surface area (TPSA) is 76.2 Å². The van der Waals surface area contributed by atoms with Crippen LogP contribution < -0.4 is 14.8 Å². The minimum Gasteiger partial charge on any atom is -0.493 e. The molecule has 2 aromatic heterocycles. The number of hydrogen-bond donors (Lipinski definition) is 2. The number of carbonyl (C=O) groups is 1. The van der Waals surface area contributed by atoms with Crippen molar-refractivity contribution in [1.82, 2.24) is 10.2 Å². The van der Waals surface area contributed by atoms with E-state index in [1.54, 1.807) is 42.7 Å². The van der Waals surface area contributed by atoms with Crippen molar-refractivity contribution in [1.29, 1.82) is 0 Å². The molecule has 0 fully saturated rings. The monoisotopic (exact) mass is 343 g/mol. The number of hydrogen-bond acceptors (Lipinski definition) is 5. The normalized spacial score (nSPS) is 10.4. The van der Waals surface area contributed by atoms with E-state index in [0.717, 1.165) is 10.6 Å². The van der Waals surface area contributed by atoms with E-state index in [4.69, 9.17) is 9.47 Å². The number of methoxy groups -OCH3 is 1. The molecule has 3 rings (SSSR count). The number of benzene rings is 1. The van der Waals surface area contributed by atoms with Crippen LogP contribution >= 0.6 is 11.3 Å². The fraction of sp³-hybridized carbons (Fsp3) is 0.176. The Hall–Kier alpha value is -2.80. The summed E-state index contributed by atoms with van der Waals surface area (Å²) < 4.78 is 10.7. The molecule has 0 aliphatic rings. The lowest BCUT2D eigenvalue weighted by molar-refractivity contribution is 0.102. The Morgan fingerprint density at radius 3 is 2.88 bits per heavy atom. The fourth-order valence-corrected chi connectivity index (χ4v) is 2.90. The molecule has 124 valence electrons. The van der Waals surface area contributed by atoms with Crippen molar-refractivity contribution in [2.75, 3.05) is 19.0 Å². The third-order valence-corrected chi connectivity index (χ3v) is 4.22. The molecule has 2 N–H and O–H groups in total. The SMILES string of the molecule is CCOc1ccc(NC(=O)c2cc(-c3cccs3)[nH]n2)cc1OC. The fourth-order valence-electron chi connectivity index (χ4n) is 2.21. The second-order valence-electron chi connectivity index (χ2n) is 4.90. The number of carbonyl (C=O) groups excluding carboxylic acids is 1. The number of rotatable bonds is 6. The third-order valence-electron chi connectivity index (χ3n) is 3.32. The maximum absolute atomic E-state index is 12.3. The minimum atomic E-state index is -0.291. The van der Waals surface area contributed by atoms with Gasteiger partial charge in [-0.1, -0.05) is 6.07 Å². The molecule has 0 bridgehead atoms. The average Bonchev–Trinajstić information content (AvgIpc) is 3.27. The molecule has 0 atom stereocenters. The number of anilines is 1. The number of H-pyrrole nitrogens is 1. The van der Waals surface area contributed by atoms with Gasteiger partial charge >= 0.3 is 0 Å². The van der Waals surface area contributed by atoms with Crippen molar-refractivity contribution in [2.24, 2.45) is 0 Å².